The van der Waals surface area contributed by atoms with Crippen LogP contribution in [0.5, 0.6) is 0 Å². The average molecular weight is 253 g/mol. The molecule has 4 atom stereocenters. The van der Waals surface area contributed by atoms with E-state index in [9.17, 15) is 0 Å². The van der Waals surface area contributed by atoms with E-state index in [1.807, 2.05) is 0 Å². The van der Waals surface area contributed by atoms with E-state index in [0.717, 1.165) is 17.8 Å². The molecule has 0 aromatic rings. The number of halogens is 1. The molecule has 96 valence electrons. The zero-order valence-electron chi connectivity index (χ0n) is 11.4. The third-order valence-corrected chi connectivity index (χ3v) is 6.40. The maximum absolute atomic E-state index is 6.01. The lowest BCUT2D eigenvalue weighted by molar-refractivity contribution is 0.141. The smallest absolute Gasteiger partial charge is 0.0407 e. The van der Waals surface area contributed by atoms with Crippen molar-refractivity contribution in [2.75, 3.05) is 5.88 Å². The summed E-state index contributed by atoms with van der Waals surface area (Å²) in [6, 6.07) is 0. The molecule has 0 nitrogen and oxygen atoms in total. The Hall–Kier alpha value is 0.0300. The van der Waals surface area contributed by atoms with Crippen molar-refractivity contribution in [2.45, 2.75) is 52.9 Å². The summed E-state index contributed by atoms with van der Waals surface area (Å²) < 4.78 is 0. The van der Waals surface area contributed by atoms with Crippen LogP contribution in [0, 0.1) is 28.6 Å². The zero-order valence-corrected chi connectivity index (χ0v) is 12.2. The molecule has 1 heteroatoms. The molecule has 0 aliphatic heterocycles. The lowest BCUT2D eigenvalue weighted by atomic mass is 9.68. The average Bonchev–Trinajstić information content (AvgIpc) is 2.74. The van der Waals surface area contributed by atoms with Crippen LogP contribution in [0.15, 0.2) is 11.6 Å². The molecule has 3 aliphatic rings. The monoisotopic (exact) mass is 252 g/mol. The Morgan fingerprint density at radius 1 is 1.24 bits per heavy atom. The predicted octanol–water partition coefficient (Wildman–Crippen LogP) is 5.02. The van der Waals surface area contributed by atoms with Crippen LogP contribution >= 0.6 is 11.6 Å². The quantitative estimate of drug-likeness (QED) is 0.454. The van der Waals surface area contributed by atoms with Crippen molar-refractivity contribution in [3.05, 3.63) is 11.6 Å². The summed E-state index contributed by atoms with van der Waals surface area (Å²) in [6.07, 6.45) is 9.49. The fourth-order valence-corrected chi connectivity index (χ4v) is 5.83. The summed E-state index contributed by atoms with van der Waals surface area (Å²) in [5, 5.41) is 0. The minimum atomic E-state index is 0.496. The molecule has 17 heavy (non-hydrogen) atoms. The molecule has 0 N–H and O–H groups in total. The van der Waals surface area contributed by atoms with E-state index in [1.165, 1.54) is 32.1 Å². The van der Waals surface area contributed by atoms with Crippen LogP contribution in [-0.4, -0.2) is 5.88 Å². The Bertz CT molecular complexity index is 355. The molecule has 3 saturated carbocycles. The van der Waals surface area contributed by atoms with Gasteiger partial charge in [-0.2, -0.15) is 0 Å². The third kappa shape index (κ3) is 1.49. The van der Waals surface area contributed by atoms with Crippen molar-refractivity contribution >= 4 is 11.6 Å². The number of hydrogen-bond acceptors (Lipinski definition) is 0. The maximum atomic E-state index is 6.01. The minimum Gasteiger partial charge on any atom is -0.122 e. The van der Waals surface area contributed by atoms with Gasteiger partial charge in [-0.25, -0.2) is 0 Å². The Morgan fingerprint density at radius 3 is 2.71 bits per heavy atom. The van der Waals surface area contributed by atoms with E-state index in [1.54, 1.807) is 5.57 Å². The van der Waals surface area contributed by atoms with Crippen LogP contribution in [0.1, 0.15) is 52.9 Å². The molecule has 4 bridgehead atoms. The SMILES string of the molecule is CC1(C)CCCC2(C)C(=CCCl)C3CCC2C31. The minimum absolute atomic E-state index is 0.496. The Labute approximate surface area is 111 Å². The standard InChI is InChI=1S/C16H25Cl/c1-15(2)8-4-9-16(3)12(7-10-17)11-5-6-13(16)14(11)15/h7,11,13-14H,4-6,8-10H2,1-3H3. The highest BCUT2D eigenvalue weighted by atomic mass is 35.5. The molecule has 0 heterocycles. The van der Waals surface area contributed by atoms with Gasteiger partial charge in [0.1, 0.15) is 0 Å². The van der Waals surface area contributed by atoms with Crippen molar-refractivity contribution in [3.63, 3.8) is 0 Å². The summed E-state index contributed by atoms with van der Waals surface area (Å²) in [5.41, 5.74) is 2.78. The molecule has 4 unspecified atom stereocenters. The Balaban J connectivity index is 2.08. The number of alkyl halides is 1. The highest BCUT2D eigenvalue weighted by molar-refractivity contribution is 6.18. The van der Waals surface area contributed by atoms with Crippen LogP contribution in [0.3, 0.4) is 0 Å². The molecule has 3 aliphatic carbocycles. The fraction of sp³-hybridized carbons (Fsp3) is 0.875. The highest BCUT2D eigenvalue weighted by Gasteiger charge is 2.62. The third-order valence-electron chi connectivity index (χ3n) is 6.25. The molecule has 3 fully saturated rings. The highest BCUT2D eigenvalue weighted by Crippen LogP contribution is 2.70. The van der Waals surface area contributed by atoms with Crippen molar-refractivity contribution < 1.29 is 0 Å². The first-order valence-corrected chi connectivity index (χ1v) is 7.81. The first kappa shape index (κ1) is 12.1. The molecule has 0 spiro atoms. The molecule has 3 rings (SSSR count). The van der Waals surface area contributed by atoms with Gasteiger partial charge in [-0.1, -0.05) is 38.8 Å². The Kier molecular flexibility index (Phi) is 2.67. The maximum Gasteiger partial charge on any atom is 0.0407 e. The first-order chi connectivity index (χ1) is 8.00. The summed E-state index contributed by atoms with van der Waals surface area (Å²) in [4.78, 5) is 0. The lowest BCUT2D eigenvalue weighted by Crippen LogP contribution is -2.28. The van der Waals surface area contributed by atoms with Crippen molar-refractivity contribution in [3.8, 4) is 0 Å². The van der Waals surface area contributed by atoms with Gasteiger partial charge in [0.25, 0.3) is 0 Å². The van der Waals surface area contributed by atoms with Gasteiger partial charge in [0.2, 0.25) is 0 Å². The van der Waals surface area contributed by atoms with Crippen LogP contribution in [0.4, 0.5) is 0 Å². The van der Waals surface area contributed by atoms with Crippen molar-refractivity contribution in [1.82, 2.24) is 0 Å². The van der Waals surface area contributed by atoms with Crippen molar-refractivity contribution in [1.29, 1.82) is 0 Å². The second-order valence-electron chi connectivity index (χ2n) is 7.39. The molecule has 0 saturated heterocycles. The van der Waals surface area contributed by atoms with E-state index < -0.39 is 0 Å². The number of hydrogen-bond donors (Lipinski definition) is 0. The predicted molar refractivity (Wildman–Crippen MR) is 74.2 cm³/mol. The summed E-state index contributed by atoms with van der Waals surface area (Å²) >= 11 is 6.01. The number of rotatable bonds is 1. The van der Waals surface area contributed by atoms with Gasteiger partial charge in [0.15, 0.2) is 0 Å². The second-order valence-corrected chi connectivity index (χ2v) is 7.70. The van der Waals surface area contributed by atoms with E-state index in [0.29, 0.717) is 16.7 Å². The van der Waals surface area contributed by atoms with Gasteiger partial charge in [-0.15, -0.1) is 11.6 Å². The molecule has 0 aromatic heterocycles. The van der Waals surface area contributed by atoms with E-state index in [-0.39, 0.29) is 0 Å². The largest absolute Gasteiger partial charge is 0.122 e. The van der Waals surface area contributed by atoms with E-state index in [4.69, 9.17) is 11.6 Å². The zero-order chi connectivity index (χ0) is 12.3. The Morgan fingerprint density at radius 2 is 2.00 bits per heavy atom. The van der Waals surface area contributed by atoms with Gasteiger partial charge in [0.05, 0.1) is 0 Å². The van der Waals surface area contributed by atoms with Crippen LogP contribution in [-0.2, 0) is 0 Å². The van der Waals surface area contributed by atoms with Crippen LogP contribution < -0.4 is 0 Å². The lowest BCUT2D eigenvalue weighted by Gasteiger charge is -2.36. The summed E-state index contributed by atoms with van der Waals surface area (Å²) in [7, 11) is 0. The van der Waals surface area contributed by atoms with Gasteiger partial charge in [-0.3, -0.25) is 0 Å². The van der Waals surface area contributed by atoms with Crippen molar-refractivity contribution in [2.24, 2.45) is 28.6 Å². The van der Waals surface area contributed by atoms with Gasteiger partial charge >= 0.3 is 0 Å². The molecular weight excluding hydrogens is 228 g/mol. The molecule has 0 amide bonds. The van der Waals surface area contributed by atoms with E-state index >= 15 is 0 Å². The van der Waals surface area contributed by atoms with Crippen LogP contribution in [0.25, 0.3) is 0 Å². The van der Waals surface area contributed by atoms with Gasteiger partial charge < -0.3 is 0 Å². The number of allylic oxidation sites excluding steroid dienone is 2. The van der Waals surface area contributed by atoms with Gasteiger partial charge in [0, 0.05) is 5.88 Å². The van der Waals surface area contributed by atoms with Gasteiger partial charge in [-0.05, 0) is 54.3 Å². The topological polar surface area (TPSA) is 0 Å². The summed E-state index contributed by atoms with van der Waals surface area (Å²) in [5.74, 6) is 3.45. The summed E-state index contributed by atoms with van der Waals surface area (Å²) in [6.45, 7) is 7.56. The first-order valence-electron chi connectivity index (χ1n) is 7.27. The molecule has 0 radical (unpaired) electrons. The fourth-order valence-electron chi connectivity index (χ4n) is 5.66. The molecule has 0 aromatic carbocycles. The van der Waals surface area contributed by atoms with Crippen LogP contribution in [0.2, 0.25) is 0 Å². The second kappa shape index (κ2) is 3.76. The normalized spacial score (nSPS) is 49.6. The van der Waals surface area contributed by atoms with E-state index in [2.05, 4.69) is 26.8 Å². The molecular formula is C16H25Cl.